The van der Waals surface area contributed by atoms with Gasteiger partial charge in [0.2, 0.25) is 0 Å². The molecule has 3 rings (SSSR count). The van der Waals surface area contributed by atoms with E-state index in [0.29, 0.717) is 5.69 Å². The Kier molecular flexibility index (Phi) is 3.16. The number of aromatic nitrogens is 1. The molecule has 1 heterocycles. The minimum absolute atomic E-state index is 0.107. The average molecular weight is 287 g/mol. The molecule has 2 aromatic carbocycles. The van der Waals surface area contributed by atoms with E-state index < -0.39 is 11.7 Å². The molecular weight excluding hydrogens is 275 g/mol. The van der Waals surface area contributed by atoms with E-state index in [-0.39, 0.29) is 5.56 Å². The molecule has 1 nitrogen and oxygen atoms in total. The van der Waals surface area contributed by atoms with Crippen LogP contribution < -0.4 is 0 Å². The van der Waals surface area contributed by atoms with Gasteiger partial charge >= 0.3 is 6.18 Å². The molecule has 0 N–H and O–H groups in total. The summed E-state index contributed by atoms with van der Waals surface area (Å²) in [6.07, 6.45) is -4.39. The number of halogens is 3. The van der Waals surface area contributed by atoms with Crippen LogP contribution >= 0.6 is 0 Å². The highest BCUT2D eigenvalue weighted by Gasteiger charge is 2.33. The van der Waals surface area contributed by atoms with Crippen LogP contribution in [-0.2, 0) is 6.18 Å². The summed E-state index contributed by atoms with van der Waals surface area (Å²) >= 11 is 0. The summed E-state index contributed by atoms with van der Waals surface area (Å²) in [7, 11) is 0. The van der Waals surface area contributed by atoms with Gasteiger partial charge in [0, 0.05) is 10.9 Å². The number of rotatable bonds is 1. The molecule has 0 aliphatic heterocycles. The van der Waals surface area contributed by atoms with E-state index in [1.165, 1.54) is 12.1 Å². The topological polar surface area (TPSA) is 12.9 Å². The SMILES string of the molecule is Cc1cccc2ccc(-c3ccccc3C(F)(F)F)nc12. The first-order valence-electron chi connectivity index (χ1n) is 6.50. The second-order valence-corrected chi connectivity index (χ2v) is 4.89. The van der Waals surface area contributed by atoms with Crippen molar-refractivity contribution in [3.8, 4) is 11.3 Å². The van der Waals surface area contributed by atoms with Crippen LogP contribution in [0.2, 0.25) is 0 Å². The minimum atomic E-state index is -4.39. The van der Waals surface area contributed by atoms with Gasteiger partial charge in [0.1, 0.15) is 0 Å². The molecule has 4 heteroatoms. The molecule has 0 aliphatic rings. The van der Waals surface area contributed by atoms with Crippen molar-refractivity contribution in [3.63, 3.8) is 0 Å². The Hall–Kier alpha value is -2.36. The van der Waals surface area contributed by atoms with E-state index in [4.69, 9.17) is 0 Å². The number of pyridine rings is 1. The van der Waals surface area contributed by atoms with Crippen molar-refractivity contribution in [1.29, 1.82) is 0 Å². The maximum Gasteiger partial charge on any atom is 0.417 e. The van der Waals surface area contributed by atoms with Crippen LogP contribution in [0.4, 0.5) is 13.2 Å². The number of nitrogens with zero attached hydrogens (tertiary/aromatic N) is 1. The molecule has 0 amide bonds. The Morgan fingerprint density at radius 3 is 2.38 bits per heavy atom. The van der Waals surface area contributed by atoms with Crippen molar-refractivity contribution >= 4 is 10.9 Å². The third kappa shape index (κ3) is 2.49. The van der Waals surface area contributed by atoms with Crippen molar-refractivity contribution in [3.05, 3.63) is 65.7 Å². The van der Waals surface area contributed by atoms with Gasteiger partial charge in [0.25, 0.3) is 0 Å². The number of hydrogen-bond acceptors (Lipinski definition) is 1. The lowest BCUT2D eigenvalue weighted by Gasteiger charge is -2.13. The predicted octanol–water partition coefficient (Wildman–Crippen LogP) is 5.23. The highest BCUT2D eigenvalue weighted by atomic mass is 19.4. The van der Waals surface area contributed by atoms with Gasteiger partial charge in [0.05, 0.1) is 16.8 Å². The molecule has 0 saturated carbocycles. The number of aryl methyl sites for hydroxylation is 1. The monoisotopic (exact) mass is 287 g/mol. The van der Waals surface area contributed by atoms with Crippen molar-refractivity contribution in [2.75, 3.05) is 0 Å². The predicted molar refractivity (Wildman–Crippen MR) is 76.9 cm³/mol. The van der Waals surface area contributed by atoms with E-state index in [2.05, 4.69) is 4.98 Å². The fourth-order valence-electron chi connectivity index (χ4n) is 2.40. The van der Waals surface area contributed by atoms with Crippen LogP contribution in [0.3, 0.4) is 0 Å². The lowest BCUT2D eigenvalue weighted by atomic mass is 10.0. The first-order valence-corrected chi connectivity index (χ1v) is 6.50. The van der Waals surface area contributed by atoms with Gasteiger partial charge in [-0.1, -0.05) is 42.5 Å². The lowest BCUT2D eigenvalue weighted by molar-refractivity contribution is -0.137. The van der Waals surface area contributed by atoms with Crippen molar-refractivity contribution in [2.45, 2.75) is 13.1 Å². The van der Waals surface area contributed by atoms with Crippen LogP contribution in [0.5, 0.6) is 0 Å². The molecule has 1 aromatic heterocycles. The molecule has 0 saturated heterocycles. The number of alkyl halides is 3. The van der Waals surface area contributed by atoms with E-state index >= 15 is 0 Å². The molecule has 106 valence electrons. The highest BCUT2D eigenvalue weighted by Crippen LogP contribution is 2.36. The van der Waals surface area contributed by atoms with E-state index in [1.807, 2.05) is 25.1 Å². The summed E-state index contributed by atoms with van der Waals surface area (Å²) in [5, 5.41) is 0.920. The summed E-state index contributed by atoms with van der Waals surface area (Å²) in [4.78, 5) is 4.42. The molecule has 0 atom stereocenters. The van der Waals surface area contributed by atoms with Crippen LogP contribution in [0, 0.1) is 6.92 Å². The molecule has 0 bridgehead atoms. The van der Waals surface area contributed by atoms with Crippen LogP contribution in [-0.4, -0.2) is 4.98 Å². The van der Waals surface area contributed by atoms with Gasteiger partial charge in [-0.25, -0.2) is 4.98 Å². The van der Waals surface area contributed by atoms with Gasteiger partial charge in [-0.15, -0.1) is 0 Å². The van der Waals surface area contributed by atoms with E-state index in [9.17, 15) is 13.2 Å². The molecule has 0 fully saturated rings. The van der Waals surface area contributed by atoms with Crippen LogP contribution in [0.1, 0.15) is 11.1 Å². The van der Waals surface area contributed by atoms with Gasteiger partial charge in [-0.05, 0) is 24.6 Å². The standard InChI is InChI=1S/C17H12F3N/c1-11-5-4-6-12-9-10-15(21-16(11)12)13-7-2-3-8-14(13)17(18,19)20/h2-10H,1H3. The smallest absolute Gasteiger partial charge is 0.248 e. The molecule has 0 radical (unpaired) electrons. The van der Waals surface area contributed by atoms with Crippen molar-refractivity contribution in [1.82, 2.24) is 4.98 Å². The maximum atomic E-state index is 13.1. The van der Waals surface area contributed by atoms with E-state index in [1.54, 1.807) is 18.2 Å². The Labute approximate surface area is 120 Å². The van der Waals surface area contributed by atoms with Gasteiger partial charge in [-0.3, -0.25) is 0 Å². The highest BCUT2D eigenvalue weighted by molar-refractivity contribution is 5.84. The third-order valence-electron chi connectivity index (χ3n) is 3.43. The van der Waals surface area contributed by atoms with Gasteiger partial charge in [-0.2, -0.15) is 13.2 Å². The maximum absolute atomic E-state index is 13.1. The fourth-order valence-corrected chi connectivity index (χ4v) is 2.40. The normalized spacial score (nSPS) is 11.8. The largest absolute Gasteiger partial charge is 0.417 e. The molecule has 0 unspecified atom stereocenters. The Balaban J connectivity index is 2.24. The number of benzene rings is 2. The van der Waals surface area contributed by atoms with Gasteiger partial charge in [0.15, 0.2) is 0 Å². The number of para-hydroxylation sites is 1. The first-order chi connectivity index (χ1) is 9.97. The summed E-state index contributed by atoms with van der Waals surface area (Å²) in [5.41, 5.74) is 1.45. The van der Waals surface area contributed by atoms with Crippen molar-refractivity contribution < 1.29 is 13.2 Å². The molecular formula is C17H12F3N. The number of fused-ring (bicyclic) bond motifs is 1. The summed E-state index contributed by atoms with van der Waals surface area (Å²) < 4.78 is 39.3. The van der Waals surface area contributed by atoms with Crippen LogP contribution in [0.25, 0.3) is 22.2 Å². The average Bonchev–Trinajstić information content (AvgIpc) is 2.46. The summed E-state index contributed by atoms with van der Waals surface area (Å²) in [5.74, 6) is 0. The fraction of sp³-hybridized carbons (Fsp3) is 0.118. The minimum Gasteiger partial charge on any atom is -0.248 e. The first kappa shape index (κ1) is 13.6. The molecule has 0 aliphatic carbocycles. The van der Waals surface area contributed by atoms with Crippen molar-refractivity contribution in [2.24, 2.45) is 0 Å². The van der Waals surface area contributed by atoms with Crippen LogP contribution in [0.15, 0.2) is 54.6 Å². The third-order valence-corrected chi connectivity index (χ3v) is 3.43. The molecule has 21 heavy (non-hydrogen) atoms. The molecule has 3 aromatic rings. The summed E-state index contributed by atoms with van der Waals surface area (Å²) in [6, 6.07) is 14.7. The van der Waals surface area contributed by atoms with Gasteiger partial charge < -0.3 is 0 Å². The zero-order valence-corrected chi connectivity index (χ0v) is 11.3. The zero-order valence-electron chi connectivity index (χ0n) is 11.3. The second-order valence-electron chi connectivity index (χ2n) is 4.89. The Bertz CT molecular complexity index is 806. The summed E-state index contributed by atoms with van der Waals surface area (Å²) in [6.45, 7) is 1.90. The number of hydrogen-bond donors (Lipinski definition) is 0. The second kappa shape index (κ2) is 4.88. The van der Waals surface area contributed by atoms with E-state index in [0.717, 1.165) is 22.5 Å². The Morgan fingerprint density at radius 1 is 0.857 bits per heavy atom. The quantitative estimate of drug-likeness (QED) is 0.597. The lowest BCUT2D eigenvalue weighted by Crippen LogP contribution is -2.07. The molecule has 0 spiro atoms. The Morgan fingerprint density at radius 2 is 1.62 bits per heavy atom. The zero-order chi connectivity index (χ0) is 15.0.